The molecule has 0 saturated heterocycles. The molecule has 0 bridgehead atoms. The van der Waals surface area contributed by atoms with E-state index in [1.54, 1.807) is 48.7 Å². The van der Waals surface area contributed by atoms with E-state index < -0.39 is 10.0 Å². The van der Waals surface area contributed by atoms with Crippen LogP contribution in [0.5, 0.6) is 5.75 Å². The lowest BCUT2D eigenvalue weighted by Gasteiger charge is -2.10. The molecule has 0 aliphatic heterocycles. The van der Waals surface area contributed by atoms with Crippen LogP contribution in [0.4, 0.5) is 5.69 Å². The van der Waals surface area contributed by atoms with Gasteiger partial charge < -0.3 is 10.1 Å². The number of aromatic nitrogens is 1. The van der Waals surface area contributed by atoms with Gasteiger partial charge in [0.2, 0.25) is 0 Å². The molecule has 29 heavy (non-hydrogen) atoms. The monoisotopic (exact) mass is 411 g/mol. The molecule has 1 heterocycles. The van der Waals surface area contributed by atoms with Crippen molar-refractivity contribution in [2.24, 2.45) is 0 Å². The predicted molar refractivity (Wildman–Crippen MR) is 110 cm³/mol. The number of anilines is 1. The molecule has 0 fully saturated rings. The lowest BCUT2D eigenvalue weighted by atomic mass is 10.2. The van der Waals surface area contributed by atoms with Crippen LogP contribution in [0.2, 0.25) is 0 Å². The molecule has 0 aliphatic carbocycles. The first-order chi connectivity index (χ1) is 14.0. The summed E-state index contributed by atoms with van der Waals surface area (Å²) in [5.41, 5.74) is 1.53. The highest BCUT2D eigenvalue weighted by atomic mass is 32.2. The predicted octanol–water partition coefficient (Wildman–Crippen LogP) is 3.21. The molecule has 2 N–H and O–H groups in total. The molecule has 7 nitrogen and oxygen atoms in total. The molecule has 0 atom stereocenters. The molecule has 0 radical (unpaired) electrons. The molecule has 0 spiro atoms. The van der Waals surface area contributed by atoms with Crippen LogP contribution in [-0.4, -0.2) is 25.9 Å². The smallest absolute Gasteiger partial charge is 0.261 e. The van der Waals surface area contributed by atoms with Crippen molar-refractivity contribution >= 4 is 21.6 Å². The summed E-state index contributed by atoms with van der Waals surface area (Å²) < 4.78 is 32.8. The zero-order chi connectivity index (χ0) is 20.7. The van der Waals surface area contributed by atoms with Crippen molar-refractivity contribution in [3.05, 3.63) is 84.2 Å². The summed E-state index contributed by atoms with van der Waals surface area (Å²) in [6, 6.07) is 17.8. The zero-order valence-corrected chi connectivity index (χ0v) is 16.6. The molecule has 8 heteroatoms. The summed E-state index contributed by atoms with van der Waals surface area (Å²) in [7, 11) is -3.74. The Kier molecular flexibility index (Phi) is 6.46. The second kappa shape index (κ2) is 9.20. The fourth-order valence-electron chi connectivity index (χ4n) is 2.56. The highest BCUT2D eigenvalue weighted by Crippen LogP contribution is 2.19. The van der Waals surface area contributed by atoms with Gasteiger partial charge in [0.05, 0.1) is 23.7 Å². The largest absolute Gasteiger partial charge is 0.494 e. The van der Waals surface area contributed by atoms with E-state index in [-0.39, 0.29) is 10.8 Å². The minimum Gasteiger partial charge on any atom is -0.494 e. The Morgan fingerprint density at radius 3 is 2.34 bits per heavy atom. The van der Waals surface area contributed by atoms with Gasteiger partial charge in [-0.2, -0.15) is 0 Å². The van der Waals surface area contributed by atoms with Crippen LogP contribution in [-0.2, 0) is 16.6 Å². The number of hydrogen-bond acceptors (Lipinski definition) is 5. The van der Waals surface area contributed by atoms with Crippen LogP contribution in [0, 0.1) is 0 Å². The Morgan fingerprint density at radius 1 is 1.00 bits per heavy atom. The van der Waals surface area contributed by atoms with Crippen molar-refractivity contribution in [1.82, 2.24) is 10.3 Å². The fraction of sp³-hybridized carbons (Fsp3) is 0.143. The highest BCUT2D eigenvalue weighted by molar-refractivity contribution is 7.92. The average Bonchev–Trinajstić information content (AvgIpc) is 2.74. The molecule has 1 aromatic heterocycles. The van der Waals surface area contributed by atoms with Crippen LogP contribution in [0.25, 0.3) is 0 Å². The third kappa shape index (κ3) is 5.55. The van der Waals surface area contributed by atoms with E-state index in [0.29, 0.717) is 30.2 Å². The lowest BCUT2D eigenvalue weighted by molar-refractivity contribution is 0.0950. The van der Waals surface area contributed by atoms with Gasteiger partial charge in [-0.1, -0.05) is 6.07 Å². The quantitative estimate of drug-likeness (QED) is 0.593. The van der Waals surface area contributed by atoms with E-state index in [1.807, 2.05) is 19.1 Å². The van der Waals surface area contributed by atoms with Crippen LogP contribution in [0.3, 0.4) is 0 Å². The first kappa shape index (κ1) is 20.3. The molecule has 0 unspecified atom stereocenters. The van der Waals surface area contributed by atoms with Gasteiger partial charge in [-0.05, 0) is 67.6 Å². The zero-order valence-electron chi connectivity index (χ0n) is 15.8. The number of hydrogen-bond donors (Lipinski definition) is 2. The Hall–Kier alpha value is -3.39. The number of sulfonamides is 1. The SMILES string of the molecule is CCOc1ccc(S(=O)(=O)Nc2ccc(C(=O)NCc3ccccn3)cc2)cc1. The van der Waals surface area contributed by atoms with Crippen molar-refractivity contribution < 1.29 is 17.9 Å². The van der Waals surface area contributed by atoms with Gasteiger partial charge in [0, 0.05) is 17.4 Å². The van der Waals surface area contributed by atoms with Crippen LogP contribution in [0.1, 0.15) is 23.0 Å². The van der Waals surface area contributed by atoms with Crippen LogP contribution >= 0.6 is 0 Å². The van der Waals surface area contributed by atoms with E-state index in [2.05, 4.69) is 15.0 Å². The minimum absolute atomic E-state index is 0.123. The Morgan fingerprint density at radius 2 is 1.72 bits per heavy atom. The molecule has 3 rings (SSSR count). The number of nitrogens with one attached hydrogen (secondary N) is 2. The Labute approximate surface area is 169 Å². The van der Waals surface area contributed by atoms with E-state index in [1.165, 1.54) is 12.1 Å². The number of carbonyl (C=O) groups excluding carboxylic acids is 1. The van der Waals surface area contributed by atoms with Crippen molar-refractivity contribution in [1.29, 1.82) is 0 Å². The van der Waals surface area contributed by atoms with Gasteiger partial charge in [-0.15, -0.1) is 0 Å². The first-order valence-corrected chi connectivity index (χ1v) is 10.5. The molecule has 150 valence electrons. The van der Waals surface area contributed by atoms with E-state index >= 15 is 0 Å². The normalized spacial score (nSPS) is 10.9. The Bertz CT molecular complexity index is 1050. The topological polar surface area (TPSA) is 97.4 Å². The summed E-state index contributed by atoms with van der Waals surface area (Å²) in [6.45, 7) is 2.67. The molecule has 1 amide bonds. The summed E-state index contributed by atoms with van der Waals surface area (Å²) in [5.74, 6) is 0.337. The highest BCUT2D eigenvalue weighted by Gasteiger charge is 2.15. The maximum Gasteiger partial charge on any atom is 0.261 e. The minimum atomic E-state index is -3.74. The lowest BCUT2D eigenvalue weighted by Crippen LogP contribution is -2.23. The number of rotatable bonds is 8. The second-order valence-electron chi connectivity index (χ2n) is 6.09. The third-order valence-corrected chi connectivity index (χ3v) is 5.40. The van der Waals surface area contributed by atoms with Gasteiger partial charge in [0.1, 0.15) is 5.75 Å². The molecule has 0 saturated carbocycles. The summed E-state index contributed by atoms with van der Waals surface area (Å²) in [5, 5.41) is 2.77. The van der Waals surface area contributed by atoms with Gasteiger partial charge in [-0.25, -0.2) is 8.42 Å². The maximum atomic E-state index is 12.5. The van der Waals surface area contributed by atoms with Gasteiger partial charge in [-0.3, -0.25) is 14.5 Å². The van der Waals surface area contributed by atoms with Crippen LogP contribution < -0.4 is 14.8 Å². The third-order valence-electron chi connectivity index (χ3n) is 4.00. The van der Waals surface area contributed by atoms with Crippen molar-refractivity contribution in [2.75, 3.05) is 11.3 Å². The van der Waals surface area contributed by atoms with Gasteiger partial charge in [0.15, 0.2) is 0 Å². The fourth-order valence-corrected chi connectivity index (χ4v) is 3.62. The van der Waals surface area contributed by atoms with E-state index in [4.69, 9.17) is 4.74 Å². The van der Waals surface area contributed by atoms with E-state index in [9.17, 15) is 13.2 Å². The number of benzene rings is 2. The first-order valence-electron chi connectivity index (χ1n) is 9.02. The average molecular weight is 411 g/mol. The Balaban J connectivity index is 1.62. The maximum absolute atomic E-state index is 12.5. The second-order valence-corrected chi connectivity index (χ2v) is 7.77. The molecule has 2 aromatic carbocycles. The van der Waals surface area contributed by atoms with Crippen molar-refractivity contribution in [2.45, 2.75) is 18.4 Å². The number of carbonyl (C=O) groups is 1. The molecule has 3 aromatic rings. The van der Waals surface area contributed by atoms with Gasteiger partial charge in [0.25, 0.3) is 15.9 Å². The summed E-state index contributed by atoms with van der Waals surface area (Å²) in [4.78, 5) is 16.5. The molecular formula is C21H21N3O4S. The van der Waals surface area contributed by atoms with Crippen LogP contribution in [0.15, 0.2) is 77.8 Å². The molecular weight excluding hydrogens is 390 g/mol. The van der Waals surface area contributed by atoms with Gasteiger partial charge >= 0.3 is 0 Å². The van der Waals surface area contributed by atoms with Crippen molar-refractivity contribution in [3.63, 3.8) is 0 Å². The van der Waals surface area contributed by atoms with Crippen molar-refractivity contribution in [3.8, 4) is 5.75 Å². The summed E-state index contributed by atoms with van der Waals surface area (Å²) >= 11 is 0. The standard InChI is InChI=1S/C21H21N3O4S/c1-2-28-19-10-12-20(13-11-19)29(26,27)24-17-8-6-16(7-9-17)21(25)23-15-18-5-3-4-14-22-18/h3-14,24H,2,15H2,1H3,(H,23,25). The van der Waals surface area contributed by atoms with E-state index in [0.717, 1.165) is 5.69 Å². The molecule has 0 aliphatic rings. The number of nitrogens with zero attached hydrogens (tertiary/aromatic N) is 1. The number of ether oxygens (including phenoxy) is 1. The number of amides is 1. The number of pyridine rings is 1. The summed E-state index contributed by atoms with van der Waals surface area (Å²) in [6.07, 6.45) is 1.66.